The lowest BCUT2D eigenvalue weighted by Gasteiger charge is -2.29. The second-order valence-corrected chi connectivity index (χ2v) is 33.2. The van der Waals surface area contributed by atoms with Crippen LogP contribution in [0.15, 0.2) is 444 Å². The minimum Gasteiger partial charge on any atom is -0.310 e. The molecule has 119 heavy (non-hydrogen) atoms. The average molecular weight is 1720 g/mol. The zero-order valence-electron chi connectivity index (χ0n) is 64.3. The van der Waals surface area contributed by atoms with Gasteiger partial charge >= 0.3 is 0 Å². The Bertz CT molecular complexity index is 7690. The molecule has 562 valence electrons. The van der Waals surface area contributed by atoms with Crippen LogP contribution in [0.1, 0.15) is 0 Å². The van der Waals surface area contributed by atoms with Crippen molar-refractivity contribution in [2.75, 3.05) is 14.7 Å². The van der Waals surface area contributed by atoms with Crippen LogP contribution in [0, 0.1) is 0 Å². The molecule has 0 bridgehead atoms. The Labute approximate surface area is 714 Å². The first-order valence-electron chi connectivity index (χ1n) is 40.1. The van der Waals surface area contributed by atoms with Gasteiger partial charge in [0.15, 0.2) is 0 Å². The van der Waals surface area contributed by atoms with E-state index in [1.807, 2.05) is 0 Å². The first-order chi connectivity index (χ1) is 58.7. The Hall–Kier alpha value is -14.1. The van der Waals surface area contributed by atoms with Gasteiger partial charge in [0.1, 0.15) is 0 Å². The smallest absolute Gasteiger partial charge is 0.0562 e. The maximum Gasteiger partial charge on any atom is 0.0562 e. The number of benzene rings is 19. The molecule has 0 aliphatic heterocycles. The Kier molecular flexibility index (Phi) is 18.0. The Balaban J connectivity index is 0.669. The van der Waals surface area contributed by atoms with Gasteiger partial charge in [-0.2, -0.15) is 0 Å². The van der Waals surface area contributed by atoms with E-state index in [-0.39, 0.29) is 0 Å². The topological polar surface area (TPSA) is 24.5 Å². The minimum absolute atomic E-state index is 1.02. The van der Waals surface area contributed by atoms with Gasteiger partial charge in [-0.05, 0) is 273 Å². The lowest BCUT2D eigenvalue weighted by Crippen LogP contribution is -2.11. The monoisotopic (exact) mass is 1710 g/mol. The summed E-state index contributed by atoms with van der Waals surface area (Å²) in [5.74, 6) is 0. The number of para-hydroxylation sites is 4. The molecule has 19 aromatic carbocycles. The molecule has 0 saturated heterocycles. The van der Waals surface area contributed by atoms with E-state index in [0.717, 1.165) is 175 Å². The second kappa shape index (κ2) is 29.9. The van der Waals surface area contributed by atoms with Crippen molar-refractivity contribution in [2.45, 2.75) is 0 Å². The molecule has 0 aliphatic rings. The maximum atomic E-state index is 3.94. The molecule has 0 atom stereocenters. The van der Waals surface area contributed by atoms with Crippen LogP contribution in [0.25, 0.3) is 149 Å². The molecule has 0 spiro atoms. The van der Waals surface area contributed by atoms with Crippen LogP contribution in [0.5, 0.6) is 0 Å². The zero-order chi connectivity index (χ0) is 79.2. The normalized spacial score (nSPS) is 11.7. The summed E-state index contributed by atoms with van der Waals surface area (Å²) in [6.07, 6.45) is 0. The van der Waals surface area contributed by atoms with Crippen molar-refractivity contribution in [2.24, 2.45) is 0 Å². The van der Waals surface area contributed by atoms with E-state index in [0.29, 0.717) is 0 Å². The summed E-state index contributed by atoms with van der Waals surface area (Å²) in [7, 11) is 0. The minimum atomic E-state index is 1.02. The summed E-state index contributed by atoms with van der Waals surface area (Å²) in [6.45, 7) is 0. The number of aromatic nitrogens is 3. The Morgan fingerprint density at radius 2 is 0.521 bits per heavy atom. The molecule has 0 radical (unpaired) electrons. The fraction of sp³-hybridized carbons (Fsp3) is 0. The van der Waals surface area contributed by atoms with Crippen molar-refractivity contribution in [1.82, 2.24) is 13.7 Å². The largest absolute Gasteiger partial charge is 0.310 e. The highest BCUT2D eigenvalue weighted by molar-refractivity contribution is 9.11. The number of halogens is 3. The lowest BCUT2D eigenvalue weighted by molar-refractivity contribution is 1.18. The quantitative estimate of drug-likeness (QED) is 0.0964. The van der Waals surface area contributed by atoms with Crippen molar-refractivity contribution in [3.05, 3.63) is 444 Å². The number of hydrogen-bond acceptors (Lipinski definition) is 3. The van der Waals surface area contributed by atoms with E-state index < -0.39 is 0 Å². The maximum absolute atomic E-state index is 3.94. The van der Waals surface area contributed by atoms with Gasteiger partial charge in [-0.25, -0.2) is 0 Å². The van der Waals surface area contributed by atoms with Gasteiger partial charge in [-0.3, -0.25) is 0 Å². The predicted molar refractivity (Wildman–Crippen MR) is 513 cm³/mol. The van der Waals surface area contributed by atoms with Crippen LogP contribution in [0.2, 0.25) is 0 Å². The zero-order valence-corrected chi connectivity index (χ0v) is 69.1. The van der Waals surface area contributed by atoms with E-state index >= 15 is 0 Å². The van der Waals surface area contributed by atoms with Crippen molar-refractivity contribution < 1.29 is 0 Å². The van der Waals surface area contributed by atoms with Gasteiger partial charge in [0.2, 0.25) is 0 Å². The fourth-order valence-electron chi connectivity index (χ4n) is 17.9. The molecule has 0 fully saturated rings. The standard InChI is InChI=1S/C110H71Br3N6/c111-83-44-57-104-100(65-83)97-55-53-95(68-107(97)117(104)88-31-12-4-13-32-88)114(86-27-8-2-9-28-86)93-52-43-80-60-79(36-37-81(80)64-93)75-40-47-90(48-41-75)115(96-54-56-98-101-66-84(112)45-58-105(101)118(108(98)69-96)89-33-14-5-15-34-89)92-35-19-25-78(63-92)76-24-18-26-82(61-76)99-70-103-102-67-85(113)46-59-106(102)119(94-51-42-73-22-16-17-23-77(73)62-94)110(103)71-109(99)116(87-29-10-3-11-30-87)91-49-38-74(39-50-91)72-20-6-1-7-21-72/h1-71H. The highest BCUT2D eigenvalue weighted by Gasteiger charge is 2.26. The van der Waals surface area contributed by atoms with E-state index in [1.54, 1.807) is 0 Å². The summed E-state index contributed by atoms with van der Waals surface area (Å²) in [4.78, 5) is 7.24. The molecule has 6 nitrogen and oxygen atoms in total. The fourth-order valence-corrected chi connectivity index (χ4v) is 19.0. The van der Waals surface area contributed by atoms with Crippen molar-refractivity contribution in [1.29, 1.82) is 0 Å². The number of rotatable bonds is 16. The van der Waals surface area contributed by atoms with Crippen LogP contribution < -0.4 is 14.7 Å². The van der Waals surface area contributed by atoms with Gasteiger partial charge in [0.25, 0.3) is 0 Å². The van der Waals surface area contributed by atoms with E-state index in [9.17, 15) is 0 Å². The summed E-state index contributed by atoms with van der Waals surface area (Å²) < 4.78 is 10.3. The van der Waals surface area contributed by atoms with Gasteiger partial charge < -0.3 is 28.4 Å². The van der Waals surface area contributed by atoms with Crippen LogP contribution in [-0.4, -0.2) is 13.7 Å². The van der Waals surface area contributed by atoms with Crippen LogP contribution >= 0.6 is 47.8 Å². The first-order valence-corrected chi connectivity index (χ1v) is 42.4. The third kappa shape index (κ3) is 12.9. The first kappa shape index (κ1) is 71.5. The van der Waals surface area contributed by atoms with Gasteiger partial charge in [-0.15, -0.1) is 0 Å². The lowest BCUT2D eigenvalue weighted by atomic mass is 9.95. The number of anilines is 9. The summed E-state index contributed by atoms with van der Waals surface area (Å²) in [6, 6.07) is 158. The average Bonchev–Trinajstić information content (AvgIpc) is 1.61. The molecule has 0 N–H and O–H groups in total. The SMILES string of the molecule is Brc1ccc2c(c1)c1ccc(N(c3ccc(-c4ccc5cc(N(c6ccccc6)c6ccc7c8cc(Br)ccc8n(-c8ccccc8)c7c6)ccc5c4)cc3)c3cccc(-c4cccc(-c5cc6c7cc(Br)ccc7n(-c7ccc8ccccc8c7)c6cc5N(c5ccccc5)c5ccc(-c6ccccc6)cc5)c4)c3)cc1n2-c1ccccc1. The summed E-state index contributed by atoms with van der Waals surface area (Å²) in [5.41, 5.74) is 28.4. The number of fused-ring (bicyclic) bond motifs is 11. The summed E-state index contributed by atoms with van der Waals surface area (Å²) >= 11 is 11.6. The Morgan fingerprint density at radius 1 is 0.168 bits per heavy atom. The van der Waals surface area contributed by atoms with E-state index in [2.05, 4.69) is 507 Å². The van der Waals surface area contributed by atoms with Crippen molar-refractivity contribution >= 4 is 186 Å². The van der Waals surface area contributed by atoms with E-state index in [1.165, 1.54) is 37.9 Å². The Morgan fingerprint density at radius 3 is 1.11 bits per heavy atom. The molecule has 0 amide bonds. The molecule has 22 rings (SSSR count). The molecule has 22 aromatic rings. The molecule has 0 unspecified atom stereocenters. The molecule has 0 saturated carbocycles. The van der Waals surface area contributed by atoms with Gasteiger partial charge in [-0.1, -0.05) is 266 Å². The molecular formula is C110H71Br3N6. The number of nitrogens with zero attached hydrogens (tertiary/aromatic N) is 6. The van der Waals surface area contributed by atoms with Crippen molar-refractivity contribution in [3.8, 4) is 61.6 Å². The molecule has 9 heteroatoms. The number of hydrogen-bond donors (Lipinski definition) is 0. The predicted octanol–water partition coefficient (Wildman–Crippen LogP) is 32.6. The second-order valence-electron chi connectivity index (χ2n) is 30.5. The van der Waals surface area contributed by atoms with Crippen LogP contribution in [0.4, 0.5) is 51.2 Å². The van der Waals surface area contributed by atoms with Gasteiger partial charge in [0, 0.05) is 114 Å². The highest BCUT2D eigenvalue weighted by atomic mass is 79.9. The molecule has 3 aromatic heterocycles. The highest BCUT2D eigenvalue weighted by Crippen LogP contribution is 2.50. The summed E-state index contributed by atoms with van der Waals surface area (Å²) in [5, 5.41) is 11.7. The third-order valence-corrected chi connectivity index (χ3v) is 24.9. The third-order valence-electron chi connectivity index (χ3n) is 23.5. The molecular weight excluding hydrogens is 1640 g/mol. The van der Waals surface area contributed by atoms with E-state index in [4.69, 9.17) is 0 Å². The van der Waals surface area contributed by atoms with Gasteiger partial charge in [0.05, 0.1) is 38.8 Å². The van der Waals surface area contributed by atoms with Crippen molar-refractivity contribution in [3.63, 3.8) is 0 Å². The van der Waals surface area contributed by atoms with Crippen LogP contribution in [0.3, 0.4) is 0 Å². The van der Waals surface area contributed by atoms with Crippen LogP contribution in [-0.2, 0) is 0 Å². The molecule has 0 aliphatic carbocycles. The molecule has 3 heterocycles.